The molecule has 0 amide bonds. The molecule has 1 N–H and O–H groups in total. The molecule has 2 rings (SSSR count). The third-order valence-corrected chi connectivity index (χ3v) is 3.69. The highest BCUT2D eigenvalue weighted by atomic mass is 35.5. The zero-order valence-corrected chi connectivity index (χ0v) is 12.2. The van der Waals surface area contributed by atoms with Gasteiger partial charge in [0.1, 0.15) is 5.75 Å². The van der Waals surface area contributed by atoms with Crippen LogP contribution in [0.4, 0.5) is 0 Å². The first kappa shape index (κ1) is 15.3. The summed E-state index contributed by atoms with van der Waals surface area (Å²) in [6.07, 6.45) is 5.11. The lowest BCUT2D eigenvalue weighted by Gasteiger charge is -2.23. The zero-order chi connectivity index (χ0) is 12.1. The Hall–Kier alpha value is -0.730. The summed E-state index contributed by atoms with van der Waals surface area (Å²) in [6.45, 7) is 6.25. The molecular formula is C15H24ClNO. The van der Waals surface area contributed by atoms with Crippen LogP contribution in [-0.2, 0) is 0 Å². The number of aryl methyl sites for hydroxylation is 1. The standard InChI is InChI=1S/C15H23NO.ClH/c1-12-6-5-8-15(13(12)2)17-11-9-14-7-3-4-10-16-14;/h5-6,8,14,16H,3-4,7,9-11H2,1-2H3;1H. The monoisotopic (exact) mass is 269 g/mol. The summed E-state index contributed by atoms with van der Waals surface area (Å²) in [4.78, 5) is 0. The zero-order valence-electron chi connectivity index (χ0n) is 11.4. The summed E-state index contributed by atoms with van der Waals surface area (Å²) in [7, 11) is 0. The van der Waals surface area contributed by atoms with Gasteiger partial charge >= 0.3 is 0 Å². The lowest BCUT2D eigenvalue weighted by molar-refractivity contribution is 0.267. The second-order valence-corrected chi connectivity index (χ2v) is 4.98. The lowest BCUT2D eigenvalue weighted by Crippen LogP contribution is -2.35. The Labute approximate surface area is 117 Å². The molecule has 102 valence electrons. The van der Waals surface area contributed by atoms with Crippen molar-refractivity contribution in [1.29, 1.82) is 0 Å². The van der Waals surface area contributed by atoms with Crippen molar-refractivity contribution in [2.75, 3.05) is 13.2 Å². The van der Waals surface area contributed by atoms with Gasteiger partial charge in [0.2, 0.25) is 0 Å². The van der Waals surface area contributed by atoms with E-state index in [9.17, 15) is 0 Å². The molecule has 0 spiro atoms. The number of benzene rings is 1. The molecule has 1 aliphatic heterocycles. The molecule has 0 aliphatic carbocycles. The van der Waals surface area contributed by atoms with Crippen LogP contribution in [0.5, 0.6) is 5.75 Å². The van der Waals surface area contributed by atoms with Crippen LogP contribution in [0.3, 0.4) is 0 Å². The molecule has 0 radical (unpaired) electrons. The Balaban J connectivity index is 0.00000162. The van der Waals surface area contributed by atoms with Crippen molar-refractivity contribution < 1.29 is 4.74 Å². The van der Waals surface area contributed by atoms with Gasteiger partial charge < -0.3 is 10.1 Å². The first-order chi connectivity index (χ1) is 8.27. The van der Waals surface area contributed by atoms with E-state index in [1.165, 1.54) is 36.9 Å². The van der Waals surface area contributed by atoms with Crippen molar-refractivity contribution in [3.05, 3.63) is 29.3 Å². The van der Waals surface area contributed by atoms with Crippen molar-refractivity contribution in [3.8, 4) is 5.75 Å². The maximum atomic E-state index is 5.88. The van der Waals surface area contributed by atoms with Crippen molar-refractivity contribution >= 4 is 12.4 Å². The fourth-order valence-corrected chi connectivity index (χ4v) is 2.36. The van der Waals surface area contributed by atoms with Gasteiger partial charge in [-0.1, -0.05) is 18.6 Å². The topological polar surface area (TPSA) is 21.3 Å². The molecular weight excluding hydrogens is 246 g/mol. The van der Waals surface area contributed by atoms with Gasteiger partial charge in [0.25, 0.3) is 0 Å². The molecule has 1 heterocycles. The first-order valence-electron chi connectivity index (χ1n) is 6.70. The van der Waals surface area contributed by atoms with Crippen molar-refractivity contribution in [2.24, 2.45) is 0 Å². The van der Waals surface area contributed by atoms with Crippen LogP contribution in [0.15, 0.2) is 18.2 Å². The summed E-state index contributed by atoms with van der Waals surface area (Å²) in [5, 5.41) is 3.55. The number of nitrogens with one attached hydrogen (secondary N) is 1. The molecule has 0 saturated carbocycles. The van der Waals surface area contributed by atoms with Gasteiger partial charge in [-0.25, -0.2) is 0 Å². The molecule has 18 heavy (non-hydrogen) atoms. The number of hydrogen-bond donors (Lipinski definition) is 1. The van der Waals surface area contributed by atoms with E-state index < -0.39 is 0 Å². The van der Waals surface area contributed by atoms with E-state index in [4.69, 9.17) is 4.74 Å². The Kier molecular flexibility index (Phi) is 6.51. The highest BCUT2D eigenvalue weighted by molar-refractivity contribution is 5.85. The number of halogens is 1. The summed E-state index contributed by atoms with van der Waals surface area (Å²) >= 11 is 0. The van der Waals surface area contributed by atoms with Gasteiger partial charge in [-0.15, -0.1) is 12.4 Å². The molecule has 1 aromatic carbocycles. The van der Waals surface area contributed by atoms with E-state index >= 15 is 0 Å². The van der Waals surface area contributed by atoms with Crippen LogP contribution >= 0.6 is 12.4 Å². The lowest BCUT2D eigenvalue weighted by atomic mass is 10.0. The van der Waals surface area contributed by atoms with Crippen LogP contribution in [0.1, 0.15) is 36.8 Å². The van der Waals surface area contributed by atoms with E-state index in [2.05, 4.69) is 37.4 Å². The van der Waals surface area contributed by atoms with Crippen LogP contribution in [0.25, 0.3) is 0 Å². The fourth-order valence-electron chi connectivity index (χ4n) is 2.36. The maximum absolute atomic E-state index is 5.88. The summed E-state index contributed by atoms with van der Waals surface area (Å²) < 4.78 is 5.88. The molecule has 0 bridgehead atoms. The number of ether oxygens (including phenoxy) is 1. The molecule has 1 unspecified atom stereocenters. The van der Waals surface area contributed by atoms with Crippen LogP contribution in [-0.4, -0.2) is 19.2 Å². The maximum Gasteiger partial charge on any atom is 0.122 e. The van der Waals surface area contributed by atoms with E-state index in [0.717, 1.165) is 18.8 Å². The summed E-state index contributed by atoms with van der Waals surface area (Å²) in [5.41, 5.74) is 2.57. The van der Waals surface area contributed by atoms with Crippen LogP contribution in [0.2, 0.25) is 0 Å². The first-order valence-corrected chi connectivity index (χ1v) is 6.70. The van der Waals surface area contributed by atoms with Crippen molar-refractivity contribution in [2.45, 2.75) is 45.6 Å². The predicted molar refractivity (Wildman–Crippen MR) is 78.9 cm³/mol. The third kappa shape index (κ3) is 4.18. The Morgan fingerprint density at radius 3 is 2.83 bits per heavy atom. The molecule has 1 saturated heterocycles. The number of hydrogen-bond acceptors (Lipinski definition) is 2. The molecule has 1 fully saturated rings. The Morgan fingerprint density at radius 2 is 2.11 bits per heavy atom. The highest BCUT2D eigenvalue weighted by Crippen LogP contribution is 2.21. The molecule has 3 heteroatoms. The average Bonchev–Trinajstić information content (AvgIpc) is 2.36. The number of piperidine rings is 1. The minimum atomic E-state index is 0. The second-order valence-electron chi connectivity index (χ2n) is 4.98. The van der Waals surface area contributed by atoms with Gasteiger partial charge in [0, 0.05) is 6.04 Å². The normalized spacial score (nSPS) is 19.1. The largest absolute Gasteiger partial charge is 0.493 e. The van der Waals surface area contributed by atoms with Crippen molar-refractivity contribution in [1.82, 2.24) is 5.32 Å². The van der Waals surface area contributed by atoms with Crippen molar-refractivity contribution in [3.63, 3.8) is 0 Å². The minimum absolute atomic E-state index is 0. The molecule has 1 aliphatic rings. The Morgan fingerprint density at radius 1 is 1.28 bits per heavy atom. The molecule has 1 aromatic rings. The van der Waals surface area contributed by atoms with Gasteiger partial charge in [-0.2, -0.15) is 0 Å². The van der Waals surface area contributed by atoms with E-state index in [0.29, 0.717) is 6.04 Å². The van der Waals surface area contributed by atoms with E-state index in [-0.39, 0.29) is 12.4 Å². The molecule has 1 atom stereocenters. The summed E-state index contributed by atoms with van der Waals surface area (Å²) in [6, 6.07) is 6.92. The second kappa shape index (κ2) is 7.65. The van der Waals surface area contributed by atoms with E-state index in [1.807, 2.05) is 0 Å². The van der Waals surface area contributed by atoms with Gasteiger partial charge in [0.15, 0.2) is 0 Å². The SMILES string of the molecule is Cc1cccc(OCCC2CCCCN2)c1C.Cl. The average molecular weight is 270 g/mol. The van der Waals surface area contributed by atoms with Crippen LogP contribution in [0, 0.1) is 13.8 Å². The molecule has 2 nitrogen and oxygen atoms in total. The minimum Gasteiger partial charge on any atom is -0.493 e. The summed E-state index contributed by atoms with van der Waals surface area (Å²) in [5.74, 6) is 1.04. The predicted octanol–water partition coefficient (Wildman–Crippen LogP) is 3.64. The molecule has 0 aromatic heterocycles. The number of rotatable bonds is 4. The quantitative estimate of drug-likeness (QED) is 0.901. The van der Waals surface area contributed by atoms with E-state index in [1.54, 1.807) is 0 Å². The van der Waals surface area contributed by atoms with Gasteiger partial charge in [0.05, 0.1) is 6.61 Å². The highest BCUT2D eigenvalue weighted by Gasteiger charge is 2.12. The van der Waals surface area contributed by atoms with Gasteiger partial charge in [-0.05, 0) is 56.8 Å². The van der Waals surface area contributed by atoms with Crippen LogP contribution < -0.4 is 10.1 Å². The van der Waals surface area contributed by atoms with Gasteiger partial charge in [-0.3, -0.25) is 0 Å². The third-order valence-electron chi connectivity index (χ3n) is 3.69. The smallest absolute Gasteiger partial charge is 0.122 e. The fraction of sp³-hybridized carbons (Fsp3) is 0.600. The Bertz CT molecular complexity index is 362.